The van der Waals surface area contributed by atoms with Crippen LogP contribution in [-0.2, 0) is 10.0 Å². The van der Waals surface area contributed by atoms with Crippen LogP contribution in [0.2, 0.25) is 10.0 Å². The van der Waals surface area contributed by atoms with Gasteiger partial charge in [-0.2, -0.15) is 9.29 Å². The fraction of sp³-hybridized carbons (Fsp3) is 0.577. The van der Waals surface area contributed by atoms with Gasteiger partial charge in [0.1, 0.15) is 16.9 Å². The molecule has 0 spiro atoms. The Morgan fingerprint density at radius 3 is 2.50 bits per heavy atom. The summed E-state index contributed by atoms with van der Waals surface area (Å²) in [5.41, 5.74) is 0.753. The lowest BCUT2D eigenvalue weighted by molar-refractivity contribution is 0.0916. The van der Waals surface area contributed by atoms with Crippen LogP contribution in [0.15, 0.2) is 18.3 Å². The number of methoxy groups -OCH3 is 1. The number of piperidine rings is 1. The number of likely N-dealkylation sites (tertiary alicyclic amines) is 1. The SMILES string of the molecule is C.COc1cc(C(=O)NC2CCN(C)CC2)c(Cl)cc1Nc1ncc(Cl)c(O[C@@H]2CCC[C@H]2N(C)S(C)(=O)=O)n1. The number of benzene rings is 1. The molecule has 2 aliphatic rings. The molecule has 0 unspecified atom stereocenters. The Labute approximate surface area is 246 Å². The molecule has 1 aromatic carbocycles. The Kier molecular flexibility index (Phi) is 10.9. The molecule has 2 N–H and O–H groups in total. The number of amides is 1. The fourth-order valence-electron chi connectivity index (χ4n) is 4.87. The zero-order valence-electron chi connectivity index (χ0n) is 22.4. The van der Waals surface area contributed by atoms with Gasteiger partial charge in [0.15, 0.2) is 0 Å². The first-order chi connectivity index (χ1) is 18.5. The van der Waals surface area contributed by atoms with Crippen molar-refractivity contribution in [1.82, 2.24) is 24.5 Å². The van der Waals surface area contributed by atoms with E-state index in [-0.39, 0.29) is 47.3 Å². The topological polar surface area (TPSA) is 126 Å². The van der Waals surface area contributed by atoms with E-state index in [1.54, 1.807) is 19.2 Å². The third-order valence-electron chi connectivity index (χ3n) is 7.22. The second-order valence-electron chi connectivity index (χ2n) is 9.99. The maximum Gasteiger partial charge on any atom is 0.253 e. The molecule has 1 aliphatic heterocycles. The lowest BCUT2D eigenvalue weighted by atomic mass is 10.0. The number of hydrogen-bond donors (Lipinski definition) is 2. The second-order valence-corrected chi connectivity index (χ2v) is 12.8. The third-order valence-corrected chi connectivity index (χ3v) is 9.11. The van der Waals surface area contributed by atoms with Gasteiger partial charge in [0, 0.05) is 13.1 Å². The molecule has 11 nitrogen and oxygen atoms in total. The van der Waals surface area contributed by atoms with Crippen LogP contribution in [0, 0.1) is 0 Å². The van der Waals surface area contributed by atoms with Crippen LogP contribution in [0.25, 0.3) is 0 Å². The molecular weight excluding hydrogens is 579 g/mol. The number of anilines is 2. The number of ether oxygens (including phenoxy) is 2. The highest BCUT2D eigenvalue weighted by Crippen LogP contribution is 2.35. The van der Waals surface area contributed by atoms with Gasteiger partial charge in [-0.05, 0) is 64.4 Å². The molecule has 40 heavy (non-hydrogen) atoms. The largest absolute Gasteiger partial charge is 0.495 e. The molecule has 14 heteroatoms. The van der Waals surface area contributed by atoms with Gasteiger partial charge in [-0.15, -0.1) is 0 Å². The van der Waals surface area contributed by atoms with E-state index >= 15 is 0 Å². The van der Waals surface area contributed by atoms with Crippen molar-refractivity contribution in [2.24, 2.45) is 0 Å². The van der Waals surface area contributed by atoms with Crippen LogP contribution in [-0.4, -0.2) is 92.2 Å². The van der Waals surface area contributed by atoms with Gasteiger partial charge >= 0.3 is 0 Å². The van der Waals surface area contributed by atoms with Crippen LogP contribution >= 0.6 is 23.2 Å². The summed E-state index contributed by atoms with van der Waals surface area (Å²) >= 11 is 12.8. The molecule has 2 atom stereocenters. The Bertz CT molecular complexity index is 1310. The molecule has 2 fully saturated rings. The molecule has 1 aromatic heterocycles. The standard InChI is InChI=1S/C25H34Cl2N6O5S.CH4/c1-32-10-8-15(9-11-32)29-23(34)16-12-22(37-3)19(13-17(16)26)30-25-28-14-18(27)24(31-25)38-21-7-5-6-20(21)33(2)39(4,35)36;/h12-15,20-21H,5-11H2,1-4H3,(H,29,34)(H,28,30,31);1H4/t20-,21-;/m1./s1. The van der Waals surface area contributed by atoms with Crippen molar-refractivity contribution < 1.29 is 22.7 Å². The minimum atomic E-state index is -3.38. The molecule has 222 valence electrons. The predicted octanol–water partition coefficient (Wildman–Crippen LogP) is 4.19. The molecule has 1 saturated heterocycles. The first-order valence-electron chi connectivity index (χ1n) is 12.7. The molecule has 1 aliphatic carbocycles. The summed E-state index contributed by atoms with van der Waals surface area (Å²) in [5, 5.41) is 6.55. The minimum Gasteiger partial charge on any atom is -0.495 e. The van der Waals surface area contributed by atoms with Gasteiger partial charge in [0.2, 0.25) is 21.9 Å². The summed E-state index contributed by atoms with van der Waals surface area (Å²) in [6, 6.07) is 2.92. The highest BCUT2D eigenvalue weighted by atomic mass is 35.5. The zero-order valence-corrected chi connectivity index (χ0v) is 24.7. The number of sulfonamides is 1. The van der Waals surface area contributed by atoms with E-state index in [1.165, 1.54) is 23.9 Å². The normalized spacial score (nSPS) is 20.2. The van der Waals surface area contributed by atoms with Crippen LogP contribution in [0.3, 0.4) is 0 Å². The van der Waals surface area contributed by atoms with Crippen molar-refractivity contribution in [1.29, 1.82) is 0 Å². The minimum absolute atomic E-state index is 0. The lowest BCUT2D eigenvalue weighted by Gasteiger charge is -2.29. The smallest absolute Gasteiger partial charge is 0.253 e. The van der Waals surface area contributed by atoms with E-state index in [1.807, 2.05) is 0 Å². The summed E-state index contributed by atoms with van der Waals surface area (Å²) in [7, 11) is 1.71. The van der Waals surface area contributed by atoms with E-state index in [4.69, 9.17) is 32.7 Å². The first kappa shape index (κ1) is 32.1. The van der Waals surface area contributed by atoms with Crippen LogP contribution in [0.1, 0.15) is 49.9 Å². The van der Waals surface area contributed by atoms with Crippen molar-refractivity contribution in [3.8, 4) is 11.6 Å². The Balaban J connectivity index is 0.00000441. The van der Waals surface area contributed by atoms with E-state index in [0.29, 0.717) is 29.8 Å². The monoisotopic (exact) mass is 616 g/mol. The number of nitrogens with zero attached hydrogens (tertiary/aromatic N) is 4. The van der Waals surface area contributed by atoms with Crippen molar-refractivity contribution in [3.05, 3.63) is 33.9 Å². The number of nitrogens with one attached hydrogen (secondary N) is 2. The molecular formula is C26H38Cl2N6O5S. The molecule has 4 rings (SSSR count). The summed E-state index contributed by atoms with van der Waals surface area (Å²) in [6.07, 6.45) is 6.07. The molecule has 2 aromatic rings. The number of rotatable bonds is 9. The van der Waals surface area contributed by atoms with Gasteiger partial charge < -0.3 is 25.0 Å². The number of halogens is 2. The molecule has 2 heterocycles. The lowest BCUT2D eigenvalue weighted by Crippen LogP contribution is -2.43. The molecule has 1 amide bonds. The van der Waals surface area contributed by atoms with Gasteiger partial charge in [0.05, 0.1) is 41.9 Å². The summed E-state index contributed by atoms with van der Waals surface area (Å²) in [5.74, 6) is 0.410. The maximum atomic E-state index is 13.0. The Morgan fingerprint density at radius 2 is 1.85 bits per heavy atom. The van der Waals surface area contributed by atoms with Gasteiger partial charge in [-0.25, -0.2) is 13.4 Å². The maximum absolute atomic E-state index is 13.0. The van der Waals surface area contributed by atoms with Crippen LogP contribution in [0.5, 0.6) is 11.6 Å². The summed E-state index contributed by atoms with van der Waals surface area (Å²) in [6.45, 7) is 1.85. The number of likely N-dealkylation sites (N-methyl/N-ethyl adjacent to an activating group) is 1. The highest BCUT2D eigenvalue weighted by Gasteiger charge is 2.36. The van der Waals surface area contributed by atoms with Crippen LogP contribution < -0.4 is 20.1 Å². The molecule has 1 saturated carbocycles. The van der Waals surface area contributed by atoms with E-state index in [9.17, 15) is 13.2 Å². The quantitative estimate of drug-likeness (QED) is 0.426. The second kappa shape index (κ2) is 13.5. The Morgan fingerprint density at radius 1 is 1.15 bits per heavy atom. The number of carbonyl (C=O) groups is 1. The summed E-state index contributed by atoms with van der Waals surface area (Å²) in [4.78, 5) is 23.8. The first-order valence-corrected chi connectivity index (χ1v) is 15.3. The molecule has 0 radical (unpaired) electrons. The van der Waals surface area contributed by atoms with Crippen molar-refractivity contribution in [2.45, 2.75) is 57.7 Å². The van der Waals surface area contributed by atoms with Crippen LogP contribution in [0.4, 0.5) is 11.6 Å². The number of carbonyl (C=O) groups excluding carboxylic acids is 1. The third kappa shape index (κ3) is 7.67. The van der Waals surface area contributed by atoms with Gasteiger partial charge in [-0.1, -0.05) is 30.6 Å². The number of hydrogen-bond acceptors (Lipinski definition) is 9. The van der Waals surface area contributed by atoms with Crippen molar-refractivity contribution in [2.75, 3.05) is 45.9 Å². The average Bonchev–Trinajstić information content (AvgIpc) is 3.34. The van der Waals surface area contributed by atoms with E-state index < -0.39 is 16.1 Å². The fourth-order valence-corrected chi connectivity index (χ4v) is 5.99. The van der Waals surface area contributed by atoms with Gasteiger partial charge in [0.25, 0.3) is 5.91 Å². The highest BCUT2D eigenvalue weighted by molar-refractivity contribution is 7.88. The van der Waals surface area contributed by atoms with E-state index in [2.05, 4.69) is 32.5 Å². The summed E-state index contributed by atoms with van der Waals surface area (Å²) < 4.78 is 37.1. The van der Waals surface area contributed by atoms with Crippen molar-refractivity contribution in [3.63, 3.8) is 0 Å². The van der Waals surface area contributed by atoms with Crippen molar-refractivity contribution >= 4 is 50.8 Å². The molecule has 0 bridgehead atoms. The van der Waals surface area contributed by atoms with E-state index in [0.717, 1.165) is 32.4 Å². The average molecular weight is 618 g/mol. The Hall–Kier alpha value is -2.38. The zero-order chi connectivity index (χ0) is 28.3. The van der Waals surface area contributed by atoms with Gasteiger partial charge in [-0.3, -0.25) is 4.79 Å². The number of aromatic nitrogens is 2. The predicted molar refractivity (Wildman–Crippen MR) is 158 cm³/mol.